The van der Waals surface area contributed by atoms with Crippen molar-refractivity contribution in [3.8, 4) is 0 Å². The van der Waals surface area contributed by atoms with E-state index in [-0.39, 0.29) is 24.6 Å². The van der Waals surface area contributed by atoms with Crippen LogP contribution in [0.15, 0.2) is 30.3 Å². The van der Waals surface area contributed by atoms with E-state index in [1.807, 2.05) is 56.0 Å². The van der Waals surface area contributed by atoms with Crippen LogP contribution in [0.2, 0.25) is 0 Å². The molecule has 3 amide bonds. The van der Waals surface area contributed by atoms with Gasteiger partial charge in [0.1, 0.15) is 12.2 Å². The summed E-state index contributed by atoms with van der Waals surface area (Å²) >= 11 is 0. The van der Waals surface area contributed by atoms with E-state index in [9.17, 15) is 14.4 Å². The summed E-state index contributed by atoms with van der Waals surface area (Å²) < 4.78 is 10.7. The summed E-state index contributed by atoms with van der Waals surface area (Å²) in [7, 11) is 0. The first-order valence-electron chi connectivity index (χ1n) is 11.5. The Bertz CT molecular complexity index is 787. The second-order valence-corrected chi connectivity index (χ2v) is 9.61. The van der Waals surface area contributed by atoms with Crippen LogP contribution in [0, 0.1) is 5.92 Å². The summed E-state index contributed by atoms with van der Waals surface area (Å²) in [5.41, 5.74) is 0.313. The fraction of sp³-hybridized carbons (Fsp3) is 0.625. The fourth-order valence-corrected chi connectivity index (χ4v) is 4.31. The van der Waals surface area contributed by atoms with Gasteiger partial charge in [0.2, 0.25) is 5.91 Å². The van der Waals surface area contributed by atoms with Gasteiger partial charge >= 0.3 is 12.2 Å². The number of carbonyl (C=O) groups is 3. The average molecular weight is 446 g/mol. The Labute approximate surface area is 190 Å². The van der Waals surface area contributed by atoms with E-state index < -0.39 is 23.7 Å². The maximum absolute atomic E-state index is 13.2. The number of rotatable bonds is 5. The zero-order valence-electron chi connectivity index (χ0n) is 19.3. The highest BCUT2D eigenvalue weighted by Crippen LogP contribution is 2.28. The maximum atomic E-state index is 13.2. The molecule has 0 spiro atoms. The molecule has 2 N–H and O–H groups in total. The van der Waals surface area contributed by atoms with Gasteiger partial charge in [-0.1, -0.05) is 30.3 Å². The van der Waals surface area contributed by atoms with E-state index in [1.165, 1.54) is 0 Å². The SMILES string of the molecule is CC(C)(C)OC(=O)NC1CC[C@@H](NC(=O)OCc2ccccc2)C(C(=O)N2CCCC2)C1. The van der Waals surface area contributed by atoms with Crippen molar-refractivity contribution in [2.45, 2.75) is 77.2 Å². The van der Waals surface area contributed by atoms with Crippen LogP contribution in [-0.4, -0.2) is 53.8 Å². The number of nitrogens with zero attached hydrogens (tertiary/aromatic N) is 1. The topological polar surface area (TPSA) is 97.0 Å². The predicted molar refractivity (Wildman–Crippen MR) is 120 cm³/mol. The molecule has 0 aromatic heterocycles. The van der Waals surface area contributed by atoms with Gasteiger partial charge in [0.05, 0.1) is 5.92 Å². The molecule has 1 heterocycles. The van der Waals surface area contributed by atoms with Crippen molar-refractivity contribution in [2.75, 3.05) is 13.1 Å². The van der Waals surface area contributed by atoms with Gasteiger partial charge in [0.15, 0.2) is 0 Å². The molecule has 8 heteroatoms. The third kappa shape index (κ3) is 7.14. The van der Waals surface area contributed by atoms with Crippen molar-refractivity contribution in [3.05, 3.63) is 35.9 Å². The summed E-state index contributed by atoms with van der Waals surface area (Å²) in [5, 5.41) is 5.80. The van der Waals surface area contributed by atoms with Gasteiger partial charge in [0.25, 0.3) is 0 Å². The Morgan fingerprint density at radius 2 is 1.69 bits per heavy atom. The summed E-state index contributed by atoms with van der Waals surface area (Å²) in [4.78, 5) is 39.7. The summed E-state index contributed by atoms with van der Waals surface area (Å²) in [6, 6.07) is 8.95. The van der Waals surface area contributed by atoms with Crippen LogP contribution in [-0.2, 0) is 20.9 Å². The monoisotopic (exact) mass is 445 g/mol. The first-order chi connectivity index (χ1) is 15.2. The number of benzene rings is 1. The number of nitrogens with one attached hydrogen (secondary N) is 2. The van der Waals surface area contributed by atoms with E-state index in [0.717, 1.165) is 31.5 Å². The highest BCUT2D eigenvalue weighted by Gasteiger charge is 2.39. The highest BCUT2D eigenvalue weighted by atomic mass is 16.6. The Morgan fingerprint density at radius 1 is 1.00 bits per heavy atom. The Kier molecular flexibility index (Phi) is 7.99. The molecule has 1 saturated carbocycles. The van der Waals surface area contributed by atoms with Gasteiger partial charge in [0, 0.05) is 25.2 Å². The number of hydrogen-bond acceptors (Lipinski definition) is 5. The second kappa shape index (κ2) is 10.7. The van der Waals surface area contributed by atoms with Crippen molar-refractivity contribution < 1.29 is 23.9 Å². The minimum Gasteiger partial charge on any atom is -0.445 e. The molecular formula is C24H35N3O5. The number of likely N-dealkylation sites (tertiary alicyclic amines) is 1. The molecule has 176 valence electrons. The molecule has 0 radical (unpaired) electrons. The zero-order valence-corrected chi connectivity index (χ0v) is 19.3. The first-order valence-corrected chi connectivity index (χ1v) is 11.5. The fourth-order valence-electron chi connectivity index (χ4n) is 4.31. The lowest BCUT2D eigenvalue weighted by Gasteiger charge is -2.37. The quantitative estimate of drug-likeness (QED) is 0.722. The smallest absolute Gasteiger partial charge is 0.407 e. The van der Waals surface area contributed by atoms with Crippen LogP contribution in [0.4, 0.5) is 9.59 Å². The summed E-state index contributed by atoms with van der Waals surface area (Å²) in [5.74, 6) is -0.377. The van der Waals surface area contributed by atoms with Crippen molar-refractivity contribution in [1.82, 2.24) is 15.5 Å². The Morgan fingerprint density at radius 3 is 2.34 bits per heavy atom. The number of amides is 3. The largest absolute Gasteiger partial charge is 0.445 e. The van der Waals surface area contributed by atoms with Crippen LogP contribution < -0.4 is 10.6 Å². The van der Waals surface area contributed by atoms with Crippen LogP contribution in [0.1, 0.15) is 58.4 Å². The molecule has 2 fully saturated rings. The molecule has 2 unspecified atom stereocenters. The number of alkyl carbamates (subject to hydrolysis) is 2. The maximum Gasteiger partial charge on any atom is 0.407 e. The second-order valence-electron chi connectivity index (χ2n) is 9.61. The van der Waals surface area contributed by atoms with E-state index in [1.54, 1.807) is 0 Å². The van der Waals surface area contributed by atoms with E-state index in [0.29, 0.717) is 19.3 Å². The third-order valence-corrected chi connectivity index (χ3v) is 5.82. The lowest BCUT2D eigenvalue weighted by Crippen LogP contribution is -2.54. The van der Waals surface area contributed by atoms with Crippen molar-refractivity contribution in [3.63, 3.8) is 0 Å². The molecule has 2 aliphatic rings. The summed E-state index contributed by atoms with van der Waals surface area (Å²) in [6.07, 6.45) is 2.65. The molecule has 1 aromatic rings. The van der Waals surface area contributed by atoms with Crippen molar-refractivity contribution >= 4 is 18.1 Å². The van der Waals surface area contributed by atoms with Crippen LogP contribution >= 0.6 is 0 Å². The van der Waals surface area contributed by atoms with E-state index in [4.69, 9.17) is 9.47 Å². The van der Waals surface area contributed by atoms with E-state index in [2.05, 4.69) is 10.6 Å². The molecule has 0 bridgehead atoms. The Hall–Kier alpha value is -2.77. The molecule has 1 aliphatic heterocycles. The van der Waals surface area contributed by atoms with Gasteiger partial charge in [-0.3, -0.25) is 4.79 Å². The normalized spacial score (nSPS) is 23.3. The van der Waals surface area contributed by atoms with Gasteiger partial charge in [-0.2, -0.15) is 0 Å². The van der Waals surface area contributed by atoms with Gasteiger partial charge < -0.3 is 25.0 Å². The molecule has 1 aromatic carbocycles. The highest BCUT2D eigenvalue weighted by molar-refractivity contribution is 5.81. The Balaban J connectivity index is 1.60. The third-order valence-electron chi connectivity index (χ3n) is 5.82. The molecule has 3 rings (SSSR count). The van der Waals surface area contributed by atoms with Crippen LogP contribution in [0.3, 0.4) is 0 Å². The molecule has 1 saturated heterocycles. The predicted octanol–water partition coefficient (Wildman–Crippen LogP) is 3.60. The zero-order chi connectivity index (χ0) is 23.1. The van der Waals surface area contributed by atoms with Crippen LogP contribution in [0.25, 0.3) is 0 Å². The molecule has 32 heavy (non-hydrogen) atoms. The minimum absolute atomic E-state index is 0.0338. The van der Waals surface area contributed by atoms with Crippen molar-refractivity contribution in [2.24, 2.45) is 5.92 Å². The summed E-state index contributed by atoms with van der Waals surface area (Å²) in [6.45, 7) is 7.10. The number of carbonyl (C=O) groups excluding carboxylic acids is 3. The van der Waals surface area contributed by atoms with Gasteiger partial charge in [-0.15, -0.1) is 0 Å². The molecule has 8 nitrogen and oxygen atoms in total. The minimum atomic E-state index is -0.587. The average Bonchev–Trinajstić information content (AvgIpc) is 3.27. The number of ether oxygens (including phenoxy) is 2. The van der Waals surface area contributed by atoms with Crippen LogP contribution in [0.5, 0.6) is 0 Å². The van der Waals surface area contributed by atoms with E-state index >= 15 is 0 Å². The molecular weight excluding hydrogens is 410 g/mol. The molecule has 1 aliphatic carbocycles. The first kappa shape index (κ1) is 23.9. The molecule has 3 atom stereocenters. The lowest BCUT2D eigenvalue weighted by atomic mass is 9.80. The lowest BCUT2D eigenvalue weighted by molar-refractivity contribution is -0.136. The van der Waals surface area contributed by atoms with Gasteiger partial charge in [-0.25, -0.2) is 9.59 Å². The van der Waals surface area contributed by atoms with Gasteiger partial charge in [-0.05, 0) is 58.4 Å². The van der Waals surface area contributed by atoms with Crippen molar-refractivity contribution in [1.29, 1.82) is 0 Å². The standard InChI is InChI=1S/C24H35N3O5/c1-24(2,3)32-23(30)25-18-11-12-20(19(15-18)21(28)27-13-7-8-14-27)26-22(29)31-16-17-9-5-4-6-10-17/h4-6,9-10,18-20H,7-8,11-16H2,1-3H3,(H,25,30)(H,26,29)/t18?,19?,20-/m1/s1. The number of hydrogen-bond donors (Lipinski definition) is 2.